The molecule has 0 rings (SSSR count). The van der Waals surface area contributed by atoms with Gasteiger partial charge in [0, 0.05) is 3.81 Å². The van der Waals surface area contributed by atoms with Crippen molar-refractivity contribution < 1.29 is 0 Å². The van der Waals surface area contributed by atoms with E-state index in [2.05, 4.69) is 35.2 Å². The zero-order chi connectivity index (χ0) is 9.23. The van der Waals surface area contributed by atoms with E-state index in [1.54, 1.807) is 11.8 Å². The van der Waals surface area contributed by atoms with Crippen molar-refractivity contribution in [3.63, 3.8) is 0 Å². The summed E-state index contributed by atoms with van der Waals surface area (Å²) in [6, 6.07) is 0. The minimum Gasteiger partial charge on any atom is -0.122 e. The molecular formula is C10H19BrS. The lowest BCUT2D eigenvalue weighted by Gasteiger charge is -1.96. The highest BCUT2D eigenvalue weighted by molar-refractivity contribution is 9.14. The Morgan fingerprint density at radius 2 is 1.92 bits per heavy atom. The van der Waals surface area contributed by atoms with Gasteiger partial charge in [-0.3, -0.25) is 0 Å². The van der Waals surface area contributed by atoms with Crippen LogP contribution in [-0.2, 0) is 0 Å². The molecule has 0 saturated heterocycles. The van der Waals surface area contributed by atoms with Crippen molar-refractivity contribution in [1.29, 1.82) is 0 Å². The van der Waals surface area contributed by atoms with E-state index in [0.29, 0.717) is 0 Å². The minimum atomic E-state index is 1.23. The molecule has 0 unspecified atom stereocenters. The molecule has 0 atom stereocenters. The van der Waals surface area contributed by atoms with Crippen molar-refractivity contribution in [3.8, 4) is 0 Å². The fraction of sp³-hybridized carbons (Fsp3) is 0.800. The van der Waals surface area contributed by atoms with Crippen LogP contribution < -0.4 is 0 Å². The molecule has 0 aromatic heterocycles. The van der Waals surface area contributed by atoms with Crippen molar-refractivity contribution in [1.82, 2.24) is 0 Å². The monoisotopic (exact) mass is 250 g/mol. The molecule has 12 heavy (non-hydrogen) atoms. The summed E-state index contributed by atoms with van der Waals surface area (Å²) in [7, 11) is 0. The lowest BCUT2D eigenvalue weighted by Crippen LogP contribution is -1.76. The number of thioether (sulfide) groups is 1. The maximum absolute atomic E-state index is 3.48. The summed E-state index contributed by atoms with van der Waals surface area (Å²) < 4.78 is 1.28. The molecule has 0 bridgehead atoms. The maximum Gasteiger partial charge on any atom is 0.0460 e. The summed E-state index contributed by atoms with van der Waals surface area (Å²) in [5.41, 5.74) is 0. The molecular weight excluding hydrogens is 232 g/mol. The molecule has 0 radical (unpaired) electrons. The van der Waals surface area contributed by atoms with Gasteiger partial charge in [0.25, 0.3) is 0 Å². The largest absolute Gasteiger partial charge is 0.122 e. The lowest BCUT2D eigenvalue weighted by molar-refractivity contribution is 0.637. The van der Waals surface area contributed by atoms with Crippen molar-refractivity contribution in [2.45, 2.75) is 45.4 Å². The van der Waals surface area contributed by atoms with Crippen LogP contribution in [0.4, 0.5) is 0 Å². The number of hydrogen-bond donors (Lipinski definition) is 0. The van der Waals surface area contributed by atoms with E-state index in [1.165, 1.54) is 42.3 Å². The number of unbranched alkanes of at least 4 members (excludes halogenated alkanes) is 5. The Kier molecular flexibility index (Phi) is 10.1. The first-order valence-corrected chi connectivity index (χ1v) is 6.72. The first kappa shape index (κ1) is 12.6. The minimum absolute atomic E-state index is 1.23. The van der Waals surface area contributed by atoms with Crippen LogP contribution in [0.5, 0.6) is 0 Å². The van der Waals surface area contributed by atoms with Gasteiger partial charge in [0.1, 0.15) is 0 Å². The van der Waals surface area contributed by atoms with Gasteiger partial charge in [-0.25, -0.2) is 0 Å². The highest BCUT2D eigenvalue weighted by atomic mass is 79.9. The Labute approximate surface area is 89.3 Å². The second kappa shape index (κ2) is 9.66. The molecule has 0 spiro atoms. The quantitative estimate of drug-likeness (QED) is 0.577. The van der Waals surface area contributed by atoms with Gasteiger partial charge in [0.15, 0.2) is 0 Å². The van der Waals surface area contributed by atoms with Crippen LogP contribution >= 0.6 is 27.7 Å². The average molecular weight is 251 g/mol. The highest BCUT2D eigenvalue weighted by Crippen LogP contribution is 2.20. The highest BCUT2D eigenvalue weighted by Gasteiger charge is 1.89. The predicted molar refractivity (Wildman–Crippen MR) is 63.9 cm³/mol. The Hall–Kier alpha value is 0.570. The van der Waals surface area contributed by atoms with Crippen LogP contribution in [0.15, 0.2) is 9.89 Å². The standard InChI is InChI=1S/C10H19BrS/c1-3-4-5-6-7-8-9-10(11)12-2/h9H,3-8H2,1-2H3/b10-9+. The van der Waals surface area contributed by atoms with Gasteiger partial charge in [-0.05, 0) is 35.0 Å². The van der Waals surface area contributed by atoms with Crippen LogP contribution in [0.3, 0.4) is 0 Å². The molecule has 0 aliphatic heterocycles. The molecule has 0 aliphatic rings. The molecule has 72 valence electrons. The summed E-state index contributed by atoms with van der Waals surface area (Å²) in [6.45, 7) is 2.25. The van der Waals surface area contributed by atoms with Gasteiger partial charge >= 0.3 is 0 Å². The number of allylic oxidation sites excluding steroid dienone is 1. The second-order valence-corrected chi connectivity index (χ2v) is 5.14. The van der Waals surface area contributed by atoms with Crippen LogP contribution in [-0.4, -0.2) is 6.26 Å². The van der Waals surface area contributed by atoms with Gasteiger partial charge in [0.05, 0.1) is 0 Å². The summed E-state index contributed by atoms with van der Waals surface area (Å²) in [6.07, 6.45) is 12.5. The lowest BCUT2D eigenvalue weighted by atomic mass is 10.1. The Morgan fingerprint density at radius 3 is 2.50 bits per heavy atom. The molecule has 0 heterocycles. The molecule has 0 aromatic carbocycles. The number of hydrogen-bond acceptors (Lipinski definition) is 1. The average Bonchev–Trinajstić information content (AvgIpc) is 2.10. The van der Waals surface area contributed by atoms with Crippen molar-refractivity contribution >= 4 is 27.7 Å². The third-order valence-corrected chi connectivity index (χ3v) is 3.66. The Bertz CT molecular complexity index is 121. The zero-order valence-electron chi connectivity index (χ0n) is 8.11. The normalized spacial score (nSPS) is 12.1. The second-order valence-electron chi connectivity index (χ2n) is 2.92. The third-order valence-electron chi connectivity index (χ3n) is 1.81. The van der Waals surface area contributed by atoms with E-state index in [4.69, 9.17) is 0 Å². The summed E-state index contributed by atoms with van der Waals surface area (Å²) in [5.74, 6) is 0. The fourth-order valence-electron chi connectivity index (χ4n) is 1.05. The first-order chi connectivity index (χ1) is 5.81. The van der Waals surface area contributed by atoms with E-state index in [9.17, 15) is 0 Å². The molecule has 2 heteroatoms. The number of rotatable bonds is 7. The topological polar surface area (TPSA) is 0 Å². The summed E-state index contributed by atoms with van der Waals surface area (Å²) in [5, 5.41) is 0. The van der Waals surface area contributed by atoms with Gasteiger partial charge in [-0.15, -0.1) is 11.8 Å². The summed E-state index contributed by atoms with van der Waals surface area (Å²) >= 11 is 5.25. The SMILES string of the molecule is CCCCCCC/C=C(\Br)SC. The van der Waals surface area contributed by atoms with Crippen molar-refractivity contribution in [3.05, 3.63) is 9.89 Å². The summed E-state index contributed by atoms with van der Waals surface area (Å²) in [4.78, 5) is 0. The van der Waals surface area contributed by atoms with Gasteiger partial charge < -0.3 is 0 Å². The van der Waals surface area contributed by atoms with Crippen LogP contribution in [0.25, 0.3) is 0 Å². The molecule has 0 aromatic rings. The maximum atomic E-state index is 3.48. The fourth-order valence-corrected chi connectivity index (χ4v) is 1.56. The molecule has 0 N–H and O–H groups in total. The van der Waals surface area contributed by atoms with Gasteiger partial charge in [-0.1, -0.05) is 38.7 Å². The van der Waals surface area contributed by atoms with E-state index in [-0.39, 0.29) is 0 Å². The van der Waals surface area contributed by atoms with E-state index >= 15 is 0 Å². The van der Waals surface area contributed by atoms with Crippen LogP contribution in [0.1, 0.15) is 45.4 Å². The third kappa shape index (κ3) is 8.66. The molecule has 0 aliphatic carbocycles. The Morgan fingerprint density at radius 1 is 1.25 bits per heavy atom. The Balaban J connectivity index is 3.10. The smallest absolute Gasteiger partial charge is 0.0460 e. The number of halogens is 1. The first-order valence-electron chi connectivity index (χ1n) is 4.71. The van der Waals surface area contributed by atoms with Crippen molar-refractivity contribution in [2.24, 2.45) is 0 Å². The van der Waals surface area contributed by atoms with E-state index < -0.39 is 0 Å². The van der Waals surface area contributed by atoms with E-state index in [1.807, 2.05) is 0 Å². The molecule has 0 amide bonds. The van der Waals surface area contributed by atoms with Crippen LogP contribution in [0, 0.1) is 0 Å². The van der Waals surface area contributed by atoms with E-state index in [0.717, 1.165) is 0 Å². The molecule has 0 fully saturated rings. The van der Waals surface area contributed by atoms with Crippen molar-refractivity contribution in [2.75, 3.05) is 6.26 Å². The van der Waals surface area contributed by atoms with Gasteiger partial charge in [0.2, 0.25) is 0 Å². The predicted octanol–water partition coefficient (Wildman–Crippen LogP) is 4.95. The van der Waals surface area contributed by atoms with Gasteiger partial charge in [-0.2, -0.15) is 0 Å². The zero-order valence-corrected chi connectivity index (χ0v) is 10.5. The molecule has 0 nitrogen and oxygen atoms in total. The van der Waals surface area contributed by atoms with Crippen LogP contribution in [0.2, 0.25) is 0 Å². The molecule has 0 saturated carbocycles.